The number of hydrogen-bond acceptors (Lipinski definition) is 8. The molecule has 0 unspecified atom stereocenters. The van der Waals surface area contributed by atoms with E-state index in [9.17, 15) is 27.9 Å². The number of nitrogens with two attached hydrogens (primary N) is 1. The van der Waals surface area contributed by atoms with Gasteiger partial charge in [0, 0.05) is 17.9 Å². The molecule has 33 heavy (non-hydrogen) atoms. The first-order chi connectivity index (χ1) is 15.5. The highest BCUT2D eigenvalue weighted by atomic mass is 32.1. The Morgan fingerprint density at radius 2 is 1.88 bits per heavy atom. The van der Waals surface area contributed by atoms with Gasteiger partial charge in [0.25, 0.3) is 17.7 Å². The molecule has 0 aliphatic rings. The van der Waals surface area contributed by atoms with Crippen LogP contribution in [-0.4, -0.2) is 41.9 Å². The van der Waals surface area contributed by atoms with Crippen LogP contribution in [0.15, 0.2) is 34.1 Å². The van der Waals surface area contributed by atoms with E-state index in [1.54, 1.807) is 0 Å². The van der Waals surface area contributed by atoms with Gasteiger partial charge in [-0.05, 0) is 24.3 Å². The number of benzene rings is 1. The van der Waals surface area contributed by atoms with E-state index in [1.165, 1.54) is 17.5 Å². The Balaban J connectivity index is 1.74. The van der Waals surface area contributed by atoms with Crippen LogP contribution in [0.25, 0.3) is 22.9 Å². The van der Waals surface area contributed by atoms with Crippen LogP contribution >= 0.6 is 11.3 Å². The average molecular weight is 478 g/mol. The molecule has 4 rings (SSSR count). The molecule has 0 bridgehead atoms. The molecule has 0 radical (unpaired) electrons. The van der Waals surface area contributed by atoms with Crippen LogP contribution in [-0.2, 0) is 12.5 Å². The summed E-state index contributed by atoms with van der Waals surface area (Å²) in [6, 6.07) is 4.80. The van der Waals surface area contributed by atoms with Crippen molar-refractivity contribution < 1.29 is 32.3 Å². The Morgan fingerprint density at radius 1 is 1.18 bits per heavy atom. The minimum Gasteiger partial charge on any atom is -0.476 e. The number of nitrogens with zero attached hydrogens (tertiary/aromatic N) is 5. The SMILES string of the molecule is CC(F)(F)c1csc(Cn2nc(C(N)=O)c(-c3nc(C(=O)O)c(-c4ccc(F)cc4)o3)n2)n1. The maximum absolute atomic E-state index is 13.4. The summed E-state index contributed by atoms with van der Waals surface area (Å²) in [7, 11) is 0. The van der Waals surface area contributed by atoms with Gasteiger partial charge in [0.15, 0.2) is 22.8 Å². The van der Waals surface area contributed by atoms with Crippen LogP contribution in [0, 0.1) is 5.82 Å². The lowest BCUT2D eigenvalue weighted by Gasteiger charge is -2.04. The van der Waals surface area contributed by atoms with Gasteiger partial charge >= 0.3 is 5.97 Å². The van der Waals surface area contributed by atoms with Crippen LogP contribution in [0.5, 0.6) is 0 Å². The van der Waals surface area contributed by atoms with Crippen LogP contribution in [0.3, 0.4) is 0 Å². The zero-order valence-electron chi connectivity index (χ0n) is 16.6. The topological polar surface area (TPSA) is 150 Å². The highest BCUT2D eigenvalue weighted by Gasteiger charge is 2.29. The zero-order chi connectivity index (χ0) is 23.9. The van der Waals surface area contributed by atoms with Gasteiger partial charge in [0.1, 0.15) is 23.1 Å². The summed E-state index contributed by atoms with van der Waals surface area (Å²) in [5.41, 5.74) is 4.02. The average Bonchev–Trinajstić information content (AvgIpc) is 3.46. The van der Waals surface area contributed by atoms with Gasteiger partial charge in [-0.2, -0.15) is 18.6 Å². The molecule has 14 heteroatoms. The molecule has 10 nitrogen and oxygen atoms in total. The predicted octanol–water partition coefficient (Wildman–Crippen LogP) is 3.15. The number of rotatable bonds is 7. The van der Waals surface area contributed by atoms with E-state index in [0.29, 0.717) is 6.92 Å². The number of halogens is 3. The molecule has 4 aromatic rings. The molecule has 170 valence electrons. The lowest BCUT2D eigenvalue weighted by Crippen LogP contribution is -2.14. The Kier molecular flexibility index (Phi) is 5.45. The van der Waals surface area contributed by atoms with E-state index >= 15 is 0 Å². The molecule has 1 amide bonds. The van der Waals surface area contributed by atoms with Crippen molar-refractivity contribution in [3.8, 4) is 22.9 Å². The van der Waals surface area contributed by atoms with Crippen LogP contribution in [0.4, 0.5) is 13.2 Å². The van der Waals surface area contributed by atoms with Crippen molar-refractivity contribution in [2.45, 2.75) is 19.4 Å². The number of primary amides is 1. The molecule has 0 aliphatic heterocycles. The van der Waals surface area contributed by atoms with E-state index in [-0.39, 0.29) is 40.2 Å². The van der Waals surface area contributed by atoms with Gasteiger partial charge in [-0.3, -0.25) is 4.79 Å². The fourth-order valence-corrected chi connectivity index (χ4v) is 3.65. The van der Waals surface area contributed by atoms with Crippen LogP contribution in [0.2, 0.25) is 0 Å². The van der Waals surface area contributed by atoms with Crippen molar-refractivity contribution in [2.24, 2.45) is 5.73 Å². The quantitative estimate of drug-likeness (QED) is 0.411. The van der Waals surface area contributed by atoms with Crippen LogP contribution in [0.1, 0.15) is 38.6 Å². The lowest BCUT2D eigenvalue weighted by molar-refractivity contribution is 0.0132. The summed E-state index contributed by atoms with van der Waals surface area (Å²) < 4.78 is 45.6. The number of carboxylic acids is 1. The molecule has 0 aliphatic carbocycles. The summed E-state index contributed by atoms with van der Waals surface area (Å²) in [5.74, 6) is -6.68. The third kappa shape index (κ3) is 4.45. The number of aromatic carboxylic acids is 1. The number of hydrogen-bond donors (Lipinski definition) is 2. The summed E-state index contributed by atoms with van der Waals surface area (Å²) in [4.78, 5) is 32.2. The zero-order valence-corrected chi connectivity index (χ0v) is 17.4. The van der Waals surface area contributed by atoms with Gasteiger partial charge in [-0.1, -0.05) is 0 Å². The number of aromatic nitrogens is 5. The first-order valence-corrected chi connectivity index (χ1v) is 9.99. The van der Waals surface area contributed by atoms with Gasteiger partial charge in [0.05, 0.1) is 0 Å². The standard InChI is InChI=1S/C19H13F3N6O4S/c1-19(21,22)10-7-33-11(24-10)6-28-26-12(16(23)29)13(27-28)17-25-14(18(30)31)15(32-17)8-2-4-9(20)5-3-8/h2-5,7H,6H2,1H3,(H2,23,29)(H,30,31). The molecular weight excluding hydrogens is 465 g/mol. The highest BCUT2D eigenvalue weighted by Crippen LogP contribution is 2.31. The number of amides is 1. The monoisotopic (exact) mass is 478 g/mol. The van der Waals surface area contributed by atoms with E-state index in [2.05, 4.69) is 20.2 Å². The van der Waals surface area contributed by atoms with Crippen molar-refractivity contribution in [2.75, 3.05) is 0 Å². The molecule has 1 aromatic carbocycles. The van der Waals surface area contributed by atoms with Gasteiger partial charge in [0.2, 0.25) is 0 Å². The molecule has 3 aromatic heterocycles. The lowest BCUT2D eigenvalue weighted by atomic mass is 10.1. The molecule has 3 heterocycles. The molecule has 0 spiro atoms. The van der Waals surface area contributed by atoms with Gasteiger partial charge in [-0.15, -0.1) is 21.5 Å². The second kappa shape index (κ2) is 8.12. The van der Waals surface area contributed by atoms with E-state index < -0.39 is 35.0 Å². The highest BCUT2D eigenvalue weighted by molar-refractivity contribution is 7.09. The number of thiazole rings is 1. The Labute approximate surface area is 186 Å². The van der Waals surface area contributed by atoms with Crippen molar-refractivity contribution in [3.05, 3.63) is 57.6 Å². The second-order valence-corrected chi connectivity index (χ2v) is 7.76. The first kappa shape index (κ1) is 22.1. The normalized spacial score (nSPS) is 11.6. The van der Waals surface area contributed by atoms with Crippen molar-refractivity contribution in [1.29, 1.82) is 0 Å². The minimum absolute atomic E-state index is 0.168. The molecule has 0 saturated carbocycles. The van der Waals surface area contributed by atoms with Crippen molar-refractivity contribution in [1.82, 2.24) is 25.0 Å². The Bertz CT molecular complexity index is 1360. The number of carbonyl (C=O) groups excluding carboxylic acids is 1. The van der Waals surface area contributed by atoms with Crippen molar-refractivity contribution in [3.63, 3.8) is 0 Å². The minimum atomic E-state index is -3.13. The third-order valence-electron chi connectivity index (χ3n) is 4.31. The number of carbonyl (C=O) groups is 2. The molecular formula is C19H13F3N6O4S. The fraction of sp³-hybridized carbons (Fsp3) is 0.158. The maximum Gasteiger partial charge on any atom is 0.358 e. The predicted molar refractivity (Wildman–Crippen MR) is 107 cm³/mol. The summed E-state index contributed by atoms with van der Waals surface area (Å²) >= 11 is 0.944. The Hall–Kier alpha value is -4.07. The molecule has 0 fully saturated rings. The first-order valence-electron chi connectivity index (χ1n) is 9.11. The van der Waals surface area contributed by atoms with E-state index in [4.69, 9.17) is 10.2 Å². The van der Waals surface area contributed by atoms with Crippen molar-refractivity contribution >= 4 is 23.2 Å². The molecule has 3 N–H and O–H groups in total. The van der Waals surface area contributed by atoms with Gasteiger partial charge in [-0.25, -0.2) is 14.2 Å². The van der Waals surface area contributed by atoms with Gasteiger partial charge < -0.3 is 15.3 Å². The summed E-state index contributed by atoms with van der Waals surface area (Å²) in [6.07, 6.45) is 0. The smallest absolute Gasteiger partial charge is 0.358 e. The third-order valence-corrected chi connectivity index (χ3v) is 5.14. The summed E-state index contributed by atoms with van der Waals surface area (Å²) in [6.45, 7) is 0.543. The van der Waals surface area contributed by atoms with E-state index in [1.807, 2.05) is 0 Å². The fourth-order valence-electron chi connectivity index (χ4n) is 2.80. The number of alkyl halides is 2. The molecule has 0 atom stereocenters. The van der Waals surface area contributed by atoms with Crippen LogP contribution < -0.4 is 5.73 Å². The van der Waals surface area contributed by atoms with E-state index in [0.717, 1.165) is 28.3 Å². The number of oxazole rings is 1. The second-order valence-electron chi connectivity index (χ2n) is 6.82. The maximum atomic E-state index is 13.4. The largest absolute Gasteiger partial charge is 0.476 e. The Morgan fingerprint density at radius 3 is 2.45 bits per heavy atom. The molecule has 0 saturated heterocycles. The summed E-state index contributed by atoms with van der Waals surface area (Å²) in [5, 5.41) is 18.9. The number of carboxylic acid groups (broad SMARTS) is 1.